The Bertz CT molecular complexity index is 1030. The summed E-state index contributed by atoms with van der Waals surface area (Å²) in [5.41, 5.74) is 2.45. The van der Waals surface area contributed by atoms with Gasteiger partial charge in [-0.05, 0) is 35.9 Å². The zero-order chi connectivity index (χ0) is 18.8. The zero-order valence-electron chi connectivity index (χ0n) is 14.4. The number of imide groups is 1. The highest BCUT2D eigenvalue weighted by molar-refractivity contribution is 6.22. The first-order valence-corrected chi connectivity index (χ1v) is 8.54. The maximum Gasteiger partial charge on any atom is 0.261 e. The van der Waals surface area contributed by atoms with Crippen LogP contribution in [-0.2, 0) is 6.54 Å². The summed E-state index contributed by atoms with van der Waals surface area (Å²) in [6.07, 6.45) is 0. The molecule has 0 aliphatic carbocycles. The van der Waals surface area contributed by atoms with E-state index in [1.165, 1.54) is 11.0 Å². The third-order valence-corrected chi connectivity index (χ3v) is 4.45. The van der Waals surface area contributed by atoms with Gasteiger partial charge in [0, 0.05) is 11.3 Å². The highest BCUT2D eigenvalue weighted by atomic mass is 16.2. The predicted molar refractivity (Wildman–Crippen MR) is 101 cm³/mol. The molecule has 132 valence electrons. The number of anilines is 1. The van der Waals surface area contributed by atoms with Crippen molar-refractivity contribution in [2.75, 3.05) is 5.32 Å². The van der Waals surface area contributed by atoms with Crippen LogP contribution >= 0.6 is 0 Å². The van der Waals surface area contributed by atoms with Gasteiger partial charge in [-0.25, -0.2) is 0 Å². The first kappa shape index (κ1) is 16.7. The van der Waals surface area contributed by atoms with E-state index in [9.17, 15) is 14.4 Å². The molecule has 0 aromatic heterocycles. The highest BCUT2D eigenvalue weighted by Crippen LogP contribution is 2.26. The fourth-order valence-corrected chi connectivity index (χ4v) is 3.07. The predicted octanol–water partition coefficient (Wildman–Crippen LogP) is 3.74. The molecule has 3 amide bonds. The van der Waals surface area contributed by atoms with Gasteiger partial charge in [0.2, 0.25) is 0 Å². The standard InChI is InChI=1S/C22H16N2O3/c25-20(23-17-9-5-2-6-10-17)16-11-12-18-19(13-16)22(27)24(21(18)26)14-15-7-3-1-4-8-15/h1-13H,14H2,(H,23,25). The number of para-hydroxylation sites is 1. The summed E-state index contributed by atoms with van der Waals surface area (Å²) in [7, 11) is 0. The SMILES string of the molecule is O=C(Nc1ccccc1)c1ccc2c(c1)C(=O)N(Cc1ccccc1)C2=O. The van der Waals surface area contributed by atoms with Gasteiger partial charge in [0.25, 0.3) is 17.7 Å². The molecule has 1 heterocycles. The molecule has 0 saturated heterocycles. The van der Waals surface area contributed by atoms with E-state index in [1.54, 1.807) is 24.3 Å². The molecule has 0 fully saturated rings. The Balaban J connectivity index is 1.58. The average molecular weight is 356 g/mol. The fourth-order valence-electron chi connectivity index (χ4n) is 3.07. The van der Waals surface area contributed by atoms with Crippen molar-refractivity contribution in [1.82, 2.24) is 4.90 Å². The van der Waals surface area contributed by atoms with Gasteiger partial charge in [-0.1, -0.05) is 48.5 Å². The van der Waals surface area contributed by atoms with E-state index < -0.39 is 0 Å². The van der Waals surface area contributed by atoms with Crippen LogP contribution < -0.4 is 5.32 Å². The number of fused-ring (bicyclic) bond motifs is 1. The van der Waals surface area contributed by atoms with Crippen LogP contribution in [0.2, 0.25) is 0 Å². The maximum absolute atomic E-state index is 12.7. The lowest BCUT2D eigenvalue weighted by Gasteiger charge is -2.13. The highest BCUT2D eigenvalue weighted by Gasteiger charge is 2.35. The summed E-state index contributed by atoms with van der Waals surface area (Å²) in [6, 6.07) is 23.0. The summed E-state index contributed by atoms with van der Waals surface area (Å²) < 4.78 is 0. The number of carbonyl (C=O) groups excluding carboxylic acids is 3. The number of nitrogens with zero attached hydrogens (tertiary/aromatic N) is 1. The number of hydrogen-bond acceptors (Lipinski definition) is 3. The van der Waals surface area contributed by atoms with E-state index in [1.807, 2.05) is 48.5 Å². The van der Waals surface area contributed by atoms with Crippen LogP contribution in [0, 0.1) is 0 Å². The molecular weight excluding hydrogens is 340 g/mol. The van der Waals surface area contributed by atoms with E-state index in [0.29, 0.717) is 16.8 Å². The number of rotatable bonds is 4. The number of benzene rings is 3. The molecule has 1 aliphatic heterocycles. The summed E-state index contributed by atoms with van der Waals surface area (Å²) in [5, 5.41) is 2.78. The average Bonchev–Trinajstić information content (AvgIpc) is 2.94. The van der Waals surface area contributed by atoms with E-state index in [-0.39, 0.29) is 29.8 Å². The second-order valence-corrected chi connectivity index (χ2v) is 6.26. The quantitative estimate of drug-likeness (QED) is 0.724. The monoisotopic (exact) mass is 356 g/mol. The lowest BCUT2D eigenvalue weighted by Crippen LogP contribution is -2.29. The van der Waals surface area contributed by atoms with E-state index in [4.69, 9.17) is 0 Å². The molecule has 0 bridgehead atoms. The van der Waals surface area contributed by atoms with E-state index in [2.05, 4.69) is 5.32 Å². The third kappa shape index (κ3) is 3.22. The molecule has 5 heteroatoms. The van der Waals surface area contributed by atoms with Gasteiger partial charge in [0.05, 0.1) is 17.7 Å². The molecule has 0 saturated carbocycles. The second kappa shape index (κ2) is 6.88. The maximum atomic E-state index is 12.7. The Hall–Kier alpha value is -3.73. The van der Waals surface area contributed by atoms with Crippen LogP contribution in [0.3, 0.4) is 0 Å². The molecule has 0 spiro atoms. The van der Waals surface area contributed by atoms with Gasteiger partial charge in [0.1, 0.15) is 0 Å². The number of hydrogen-bond donors (Lipinski definition) is 1. The Labute approximate surface area is 156 Å². The molecule has 27 heavy (non-hydrogen) atoms. The number of nitrogens with one attached hydrogen (secondary N) is 1. The fraction of sp³-hybridized carbons (Fsp3) is 0.0455. The molecule has 0 atom stereocenters. The molecular formula is C22H16N2O3. The first-order valence-electron chi connectivity index (χ1n) is 8.54. The molecule has 3 aromatic carbocycles. The minimum Gasteiger partial charge on any atom is -0.322 e. The van der Waals surface area contributed by atoms with Crippen molar-refractivity contribution in [3.8, 4) is 0 Å². The van der Waals surface area contributed by atoms with Crippen LogP contribution in [-0.4, -0.2) is 22.6 Å². The van der Waals surface area contributed by atoms with Crippen LogP contribution in [0.25, 0.3) is 0 Å². The summed E-state index contributed by atoms with van der Waals surface area (Å²) >= 11 is 0. The molecule has 1 N–H and O–H groups in total. The van der Waals surface area contributed by atoms with Crippen LogP contribution in [0.1, 0.15) is 36.6 Å². The van der Waals surface area contributed by atoms with Gasteiger partial charge in [-0.15, -0.1) is 0 Å². The minimum atomic E-state index is -0.381. The Morgan fingerprint density at radius 2 is 1.41 bits per heavy atom. The van der Waals surface area contributed by atoms with Crippen LogP contribution in [0.5, 0.6) is 0 Å². The number of amides is 3. The van der Waals surface area contributed by atoms with Crippen molar-refractivity contribution >= 4 is 23.4 Å². The van der Waals surface area contributed by atoms with Crippen molar-refractivity contribution in [2.24, 2.45) is 0 Å². The topological polar surface area (TPSA) is 66.5 Å². The molecule has 5 nitrogen and oxygen atoms in total. The molecule has 1 aliphatic rings. The Morgan fingerprint density at radius 3 is 2.11 bits per heavy atom. The first-order chi connectivity index (χ1) is 13.1. The summed E-state index contributed by atoms with van der Waals surface area (Å²) in [6.45, 7) is 0.207. The van der Waals surface area contributed by atoms with Crippen molar-refractivity contribution < 1.29 is 14.4 Å². The largest absolute Gasteiger partial charge is 0.322 e. The minimum absolute atomic E-state index is 0.207. The van der Waals surface area contributed by atoms with Crippen molar-refractivity contribution in [1.29, 1.82) is 0 Å². The lowest BCUT2D eigenvalue weighted by molar-refractivity contribution is 0.0642. The van der Waals surface area contributed by atoms with Crippen LogP contribution in [0.15, 0.2) is 78.9 Å². The molecule has 0 radical (unpaired) electrons. The van der Waals surface area contributed by atoms with E-state index in [0.717, 1.165) is 5.56 Å². The Morgan fingerprint density at radius 1 is 0.778 bits per heavy atom. The van der Waals surface area contributed by atoms with Gasteiger partial charge >= 0.3 is 0 Å². The van der Waals surface area contributed by atoms with Crippen molar-refractivity contribution in [2.45, 2.75) is 6.54 Å². The van der Waals surface area contributed by atoms with Crippen molar-refractivity contribution in [3.63, 3.8) is 0 Å². The molecule has 3 aromatic rings. The summed E-state index contributed by atoms with van der Waals surface area (Å²) in [5.74, 6) is -1.05. The lowest BCUT2D eigenvalue weighted by atomic mass is 10.1. The summed E-state index contributed by atoms with van der Waals surface area (Å²) in [4.78, 5) is 39.0. The smallest absolute Gasteiger partial charge is 0.261 e. The van der Waals surface area contributed by atoms with Gasteiger partial charge in [-0.3, -0.25) is 19.3 Å². The molecule has 4 rings (SSSR count). The number of carbonyl (C=O) groups is 3. The second-order valence-electron chi connectivity index (χ2n) is 6.26. The van der Waals surface area contributed by atoms with Gasteiger partial charge in [0.15, 0.2) is 0 Å². The van der Waals surface area contributed by atoms with Crippen molar-refractivity contribution in [3.05, 3.63) is 101 Å². The Kier molecular flexibility index (Phi) is 4.26. The molecule has 0 unspecified atom stereocenters. The normalized spacial score (nSPS) is 12.8. The van der Waals surface area contributed by atoms with Gasteiger partial charge < -0.3 is 5.32 Å². The van der Waals surface area contributed by atoms with Crippen LogP contribution in [0.4, 0.5) is 5.69 Å². The third-order valence-electron chi connectivity index (χ3n) is 4.45. The van der Waals surface area contributed by atoms with E-state index >= 15 is 0 Å². The van der Waals surface area contributed by atoms with Gasteiger partial charge in [-0.2, -0.15) is 0 Å². The zero-order valence-corrected chi connectivity index (χ0v) is 14.4.